The van der Waals surface area contributed by atoms with Crippen molar-refractivity contribution in [3.05, 3.63) is 34.9 Å². The summed E-state index contributed by atoms with van der Waals surface area (Å²) in [4.78, 5) is 29.2. The van der Waals surface area contributed by atoms with E-state index in [1.807, 2.05) is 29.2 Å². The van der Waals surface area contributed by atoms with Crippen LogP contribution in [0.5, 0.6) is 0 Å². The topological polar surface area (TPSA) is 40.6 Å². The Morgan fingerprint density at radius 3 is 2.58 bits per heavy atom. The number of aryl methyl sites for hydroxylation is 1. The van der Waals surface area contributed by atoms with Crippen molar-refractivity contribution >= 4 is 23.4 Å². The second kappa shape index (κ2) is 8.90. The first-order valence-electron chi connectivity index (χ1n) is 9.84. The molecule has 1 unspecified atom stereocenters. The normalized spacial score (nSPS) is 21.7. The third-order valence-electron chi connectivity index (χ3n) is 5.68. The number of nitrogens with zero attached hydrogens (tertiary/aromatic N) is 2. The van der Waals surface area contributed by atoms with Crippen molar-refractivity contribution in [2.45, 2.75) is 45.4 Å². The molecule has 2 saturated heterocycles. The van der Waals surface area contributed by atoms with Crippen molar-refractivity contribution in [1.82, 2.24) is 9.80 Å². The molecular formula is C21H29ClN2O2. The molecule has 2 aliphatic rings. The van der Waals surface area contributed by atoms with Gasteiger partial charge in [-0.2, -0.15) is 0 Å². The summed E-state index contributed by atoms with van der Waals surface area (Å²) < 4.78 is 0. The number of rotatable bonds is 4. The Balaban J connectivity index is 1.44. The van der Waals surface area contributed by atoms with Crippen LogP contribution in [0, 0.1) is 11.8 Å². The standard InChI is InChI=1S/C21H29ClN2O2/c1-16-4-3-11-24(15-16)21(26)18-9-12-23(13-10-18)20(25)8-7-17-5-2-6-19(22)14-17/h2,5-6,14,16,18H,3-4,7-13,15H2,1H3. The molecule has 5 heteroatoms. The number of hydrogen-bond donors (Lipinski definition) is 0. The molecule has 0 radical (unpaired) electrons. The second-order valence-corrected chi connectivity index (χ2v) is 8.25. The highest BCUT2D eigenvalue weighted by Crippen LogP contribution is 2.24. The van der Waals surface area contributed by atoms with Crippen molar-refractivity contribution in [2.75, 3.05) is 26.2 Å². The molecule has 0 saturated carbocycles. The van der Waals surface area contributed by atoms with Gasteiger partial charge in [0.2, 0.25) is 11.8 Å². The molecule has 4 nitrogen and oxygen atoms in total. The lowest BCUT2D eigenvalue weighted by Crippen LogP contribution is -2.47. The molecule has 0 bridgehead atoms. The highest BCUT2D eigenvalue weighted by Gasteiger charge is 2.31. The molecule has 3 rings (SSSR count). The van der Waals surface area contributed by atoms with Crippen LogP contribution in [0.1, 0.15) is 44.6 Å². The monoisotopic (exact) mass is 376 g/mol. The fourth-order valence-corrected chi connectivity index (χ4v) is 4.34. The van der Waals surface area contributed by atoms with E-state index >= 15 is 0 Å². The maximum atomic E-state index is 12.7. The number of carbonyl (C=O) groups is 2. The Bertz CT molecular complexity index is 641. The predicted molar refractivity (Wildman–Crippen MR) is 104 cm³/mol. The van der Waals surface area contributed by atoms with Gasteiger partial charge in [-0.05, 0) is 55.7 Å². The summed E-state index contributed by atoms with van der Waals surface area (Å²) in [6.45, 7) is 5.43. The lowest BCUT2D eigenvalue weighted by atomic mass is 9.92. The maximum Gasteiger partial charge on any atom is 0.225 e. The number of amides is 2. The maximum absolute atomic E-state index is 12.7. The van der Waals surface area contributed by atoms with Crippen LogP contribution < -0.4 is 0 Å². The number of piperidine rings is 2. The van der Waals surface area contributed by atoms with Gasteiger partial charge in [-0.15, -0.1) is 0 Å². The van der Waals surface area contributed by atoms with E-state index in [0.717, 1.165) is 37.9 Å². The van der Waals surface area contributed by atoms with Gasteiger partial charge in [-0.3, -0.25) is 9.59 Å². The SMILES string of the molecule is CC1CCCN(C(=O)C2CCN(C(=O)CCc3cccc(Cl)c3)CC2)C1. The van der Waals surface area contributed by atoms with Crippen molar-refractivity contribution in [3.63, 3.8) is 0 Å². The Kier molecular flexibility index (Phi) is 6.58. The third kappa shape index (κ3) is 5.00. The predicted octanol–water partition coefficient (Wildman–Crippen LogP) is 3.77. The molecule has 26 heavy (non-hydrogen) atoms. The summed E-state index contributed by atoms with van der Waals surface area (Å²) in [5.41, 5.74) is 1.09. The van der Waals surface area contributed by atoms with Crippen molar-refractivity contribution in [1.29, 1.82) is 0 Å². The molecule has 142 valence electrons. The minimum atomic E-state index is 0.0947. The summed E-state index contributed by atoms with van der Waals surface area (Å²) in [6.07, 6.45) is 5.16. The first-order valence-corrected chi connectivity index (χ1v) is 10.2. The average molecular weight is 377 g/mol. The smallest absolute Gasteiger partial charge is 0.225 e. The van der Waals surface area contributed by atoms with Gasteiger partial charge < -0.3 is 9.80 Å². The van der Waals surface area contributed by atoms with Gasteiger partial charge in [0.15, 0.2) is 0 Å². The van der Waals surface area contributed by atoms with E-state index in [1.165, 1.54) is 6.42 Å². The number of carbonyl (C=O) groups excluding carboxylic acids is 2. The first kappa shape index (κ1) is 19.2. The molecular weight excluding hydrogens is 348 g/mol. The van der Waals surface area contributed by atoms with Crippen LogP contribution in [0.3, 0.4) is 0 Å². The van der Waals surface area contributed by atoms with Crippen molar-refractivity contribution < 1.29 is 9.59 Å². The summed E-state index contributed by atoms with van der Waals surface area (Å²) in [6, 6.07) is 7.68. The molecule has 1 aromatic carbocycles. The summed E-state index contributed by atoms with van der Waals surface area (Å²) >= 11 is 6.00. The number of benzene rings is 1. The molecule has 1 aromatic rings. The average Bonchev–Trinajstić information content (AvgIpc) is 2.66. The Hall–Kier alpha value is -1.55. The summed E-state index contributed by atoms with van der Waals surface area (Å²) in [5.74, 6) is 1.20. The van der Waals surface area contributed by atoms with Gasteiger partial charge in [-0.1, -0.05) is 30.7 Å². The van der Waals surface area contributed by atoms with Gasteiger partial charge in [0.05, 0.1) is 0 Å². The van der Waals surface area contributed by atoms with Gasteiger partial charge >= 0.3 is 0 Å². The minimum Gasteiger partial charge on any atom is -0.343 e. The van der Waals surface area contributed by atoms with E-state index in [-0.39, 0.29) is 11.8 Å². The Morgan fingerprint density at radius 1 is 1.12 bits per heavy atom. The zero-order valence-electron chi connectivity index (χ0n) is 15.6. The molecule has 0 aromatic heterocycles. The van der Waals surface area contributed by atoms with Gasteiger partial charge in [-0.25, -0.2) is 0 Å². The van der Waals surface area contributed by atoms with Gasteiger partial charge in [0.25, 0.3) is 0 Å². The van der Waals surface area contributed by atoms with E-state index in [4.69, 9.17) is 11.6 Å². The molecule has 1 atom stereocenters. The number of hydrogen-bond acceptors (Lipinski definition) is 2. The van der Waals surface area contributed by atoms with E-state index < -0.39 is 0 Å². The van der Waals surface area contributed by atoms with Crippen molar-refractivity contribution in [3.8, 4) is 0 Å². The van der Waals surface area contributed by atoms with Crippen LogP contribution in [0.25, 0.3) is 0 Å². The van der Waals surface area contributed by atoms with Crippen LogP contribution in [-0.2, 0) is 16.0 Å². The summed E-state index contributed by atoms with van der Waals surface area (Å²) in [7, 11) is 0. The van der Waals surface area contributed by atoms with Gasteiger partial charge in [0.1, 0.15) is 0 Å². The first-order chi connectivity index (χ1) is 12.5. The molecule has 0 aliphatic carbocycles. The van der Waals surface area contributed by atoms with E-state index in [2.05, 4.69) is 11.8 Å². The highest BCUT2D eigenvalue weighted by molar-refractivity contribution is 6.30. The van der Waals surface area contributed by atoms with Crippen molar-refractivity contribution in [2.24, 2.45) is 11.8 Å². The van der Waals surface area contributed by atoms with Crippen LogP contribution in [-0.4, -0.2) is 47.8 Å². The Morgan fingerprint density at radius 2 is 1.88 bits per heavy atom. The van der Waals surface area contributed by atoms with Crippen LogP contribution >= 0.6 is 11.6 Å². The Labute approximate surface area is 161 Å². The fraction of sp³-hybridized carbons (Fsp3) is 0.619. The lowest BCUT2D eigenvalue weighted by Gasteiger charge is -2.37. The second-order valence-electron chi connectivity index (χ2n) is 7.82. The lowest BCUT2D eigenvalue weighted by molar-refractivity contribution is -0.142. The molecule has 2 heterocycles. The van der Waals surface area contributed by atoms with E-state index in [0.29, 0.717) is 42.8 Å². The van der Waals surface area contributed by atoms with Crippen LogP contribution in [0.4, 0.5) is 0 Å². The van der Waals surface area contributed by atoms with Crippen LogP contribution in [0.2, 0.25) is 5.02 Å². The molecule has 2 fully saturated rings. The fourth-order valence-electron chi connectivity index (χ4n) is 4.13. The molecule has 2 aliphatic heterocycles. The zero-order valence-corrected chi connectivity index (χ0v) is 16.4. The van der Waals surface area contributed by atoms with Crippen LogP contribution in [0.15, 0.2) is 24.3 Å². The number of likely N-dealkylation sites (tertiary alicyclic amines) is 2. The third-order valence-corrected chi connectivity index (χ3v) is 5.92. The highest BCUT2D eigenvalue weighted by atomic mass is 35.5. The quantitative estimate of drug-likeness (QED) is 0.802. The molecule has 0 spiro atoms. The minimum absolute atomic E-state index is 0.0947. The molecule has 2 amide bonds. The number of halogens is 1. The van der Waals surface area contributed by atoms with Gasteiger partial charge in [0, 0.05) is 43.5 Å². The molecule has 0 N–H and O–H groups in total. The summed E-state index contributed by atoms with van der Waals surface area (Å²) in [5, 5.41) is 0.710. The largest absolute Gasteiger partial charge is 0.343 e. The van der Waals surface area contributed by atoms with E-state index in [1.54, 1.807) is 0 Å². The zero-order chi connectivity index (χ0) is 18.5. The van der Waals surface area contributed by atoms with E-state index in [9.17, 15) is 9.59 Å².